The summed E-state index contributed by atoms with van der Waals surface area (Å²) in [7, 11) is 0. The first kappa shape index (κ1) is 17.5. The molecule has 3 rings (SSSR count). The van der Waals surface area contributed by atoms with Gasteiger partial charge in [0.25, 0.3) is 5.91 Å². The standard InChI is InChI=1S/C19H14F3N3O/c20-19(21,22)14-4-1-5-17(11-14)24-15-6-8-16(9-7-15)25-18(26)13-3-2-10-23-12-13/h1-12,24H,(H,25,26). The number of rotatable bonds is 4. The van der Waals surface area contributed by atoms with Gasteiger partial charge < -0.3 is 10.6 Å². The third-order valence-electron chi connectivity index (χ3n) is 3.55. The second kappa shape index (κ2) is 7.26. The molecular formula is C19H14F3N3O. The van der Waals surface area contributed by atoms with Crippen molar-refractivity contribution in [1.82, 2.24) is 4.98 Å². The molecular weight excluding hydrogens is 343 g/mol. The Hall–Kier alpha value is -3.35. The molecule has 1 heterocycles. The van der Waals surface area contributed by atoms with Gasteiger partial charge in [-0.15, -0.1) is 0 Å². The van der Waals surface area contributed by atoms with Crippen LogP contribution in [0.2, 0.25) is 0 Å². The number of pyridine rings is 1. The Balaban J connectivity index is 1.68. The van der Waals surface area contributed by atoms with Crippen LogP contribution in [0.1, 0.15) is 15.9 Å². The van der Waals surface area contributed by atoms with Crippen molar-refractivity contribution in [3.8, 4) is 0 Å². The quantitative estimate of drug-likeness (QED) is 0.683. The van der Waals surface area contributed by atoms with Crippen LogP contribution in [-0.2, 0) is 6.18 Å². The molecule has 0 saturated heterocycles. The highest BCUT2D eigenvalue weighted by atomic mass is 19.4. The Morgan fingerprint density at radius 2 is 1.62 bits per heavy atom. The Bertz CT molecular complexity index is 894. The summed E-state index contributed by atoms with van der Waals surface area (Å²) in [5.41, 5.74) is 1.20. The third-order valence-corrected chi connectivity index (χ3v) is 3.55. The largest absolute Gasteiger partial charge is 0.416 e. The van der Waals surface area contributed by atoms with Gasteiger partial charge in [0.2, 0.25) is 0 Å². The van der Waals surface area contributed by atoms with E-state index in [1.54, 1.807) is 48.7 Å². The topological polar surface area (TPSA) is 54.0 Å². The zero-order valence-electron chi connectivity index (χ0n) is 13.4. The number of carbonyl (C=O) groups is 1. The highest BCUT2D eigenvalue weighted by Crippen LogP contribution is 2.31. The van der Waals surface area contributed by atoms with Gasteiger partial charge >= 0.3 is 6.18 Å². The fourth-order valence-corrected chi connectivity index (χ4v) is 2.28. The normalized spacial score (nSPS) is 11.0. The van der Waals surface area contributed by atoms with Crippen molar-refractivity contribution in [1.29, 1.82) is 0 Å². The van der Waals surface area contributed by atoms with Crippen LogP contribution in [0.25, 0.3) is 0 Å². The van der Waals surface area contributed by atoms with Crippen molar-refractivity contribution in [2.24, 2.45) is 0 Å². The zero-order chi connectivity index (χ0) is 18.6. The summed E-state index contributed by atoms with van der Waals surface area (Å²) in [6.07, 6.45) is -1.36. The Labute approximate surface area is 147 Å². The summed E-state index contributed by atoms with van der Waals surface area (Å²) in [4.78, 5) is 15.9. The number of hydrogen-bond donors (Lipinski definition) is 2. The number of halogens is 3. The third kappa shape index (κ3) is 4.38. The highest BCUT2D eigenvalue weighted by molar-refractivity contribution is 6.04. The number of nitrogens with zero attached hydrogens (tertiary/aromatic N) is 1. The summed E-state index contributed by atoms with van der Waals surface area (Å²) in [6, 6.07) is 14.9. The molecule has 0 aliphatic rings. The molecule has 0 unspecified atom stereocenters. The first-order chi connectivity index (χ1) is 12.4. The summed E-state index contributed by atoms with van der Waals surface area (Å²) in [5, 5.41) is 5.63. The summed E-state index contributed by atoms with van der Waals surface area (Å²) >= 11 is 0. The fourth-order valence-electron chi connectivity index (χ4n) is 2.28. The molecule has 1 amide bonds. The molecule has 2 N–H and O–H groups in total. The van der Waals surface area contributed by atoms with E-state index in [0.717, 1.165) is 12.1 Å². The van der Waals surface area contributed by atoms with Crippen LogP contribution < -0.4 is 10.6 Å². The number of carbonyl (C=O) groups excluding carboxylic acids is 1. The van der Waals surface area contributed by atoms with E-state index in [1.807, 2.05) is 0 Å². The van der Waals surface area contributed by atoms with Gasteiger partial charge in [0.15, 0.2) is 0 Å². The van der Waals surface area contributed by atoms with Crippen molar-refractivity contribution < 1.29 is 18.0 Å². The van der Waals surface area contributed by atoms with Crippen molar-refractivity contribution in [3.05, 3.63) is 84.2 Å². The van der Waals surface area contributed by atoms with Crippen molar-refractivity contribution >= 4 is 23.0 Å². The van der Waals surface area contributed by atoms with E-state index in [1.165, 1.54) is 12.3 Å². The number of anilines is 3. The minimum atomic E-state index is -4.39. The molecule has 2 aromatic carbocycles. The Morgan fingerprint density at radius 3 is 2.27 bits per heavy atom. The first-order valence-corrected chi connectivity index (χ1v) is 7.67. The maximum Gasteiger partial charge on any atom is 0.416 e. The van der Waals surface area contributed by atoms with Gasteiger partial charge in [0.1, 0.15) is 0 Å². The van der Waals surface area contributed by atoms with E-state index in [2.05, 4.69) is 15.6 Å². The summed E-state index contributed by atoms with van der Waals surface area (Å²) in [6.45, 7) is 0. The molecule has 0 saturated carbocycles. The van der Waals surface area contributed by atoms with Crippen molar-refractivity contribution in [2.45, 2.75) is 6.18 Å². The van der Waals surface area contributed by atoms with E-state index >= 15 is 0 Å². The van der Waals surface area contributed by atoms with E-state index in [0.29, 0.717) is 22.6 Å². The lowest BCUT2D eigenvalue weighted by molar-refractivity contribution is -0.137. The van der Waals surface area contributed by atoms with Crippen LogP contribution in [0.5, 0.6) is 0 Å². The molecule has 0 aliphatic heterocycles. The van der Waals surface area contributed by atoms with Crippen LogP contribution in [0.4, 0.5) is 30.2 Å². The van der Waals surface area contributed by atoms with E-state index < -0.39 is 11.7 Å². The van der Waals surface area contributed by atoms with Gasteiger partial charge in [-0.1, -0.05) is 6.07 Å². The molecule has 0 spiro atoms. The molecule has 4 nitrogen and oxygen atoms in total. The average molecular weight is 357 g/mol. The number of aromatic nitrogens is 1. The second-order valence-corrected chi connectivity index (χ2v) is 5.48. The zero-order valence-corrected chi connectivity index (χ0v) is 13.4. The molecule has 0 fully saturated rings. The van der Waals surface area contributed by atoms with Crippen molar-refractivity contribution in [3.63, 3.8) is 0 Å². The monoisotopic (exact) mass is 357 g/mol. The van der Waals surface area contributed by atoms with Crippen LogP contribution >= 0.6 is 0 Å². The molecule has 132 valence electrons. The molecule has 0 radical (unpaired) electrons. The van der Waals surface area contributed by atoms with Crippen LogP contribution in [0.15, 0.2) is 73.1 Å². The molecule has 26 heavy (non-hydrogen) atoms. The van der Waals surface area contributed by atoms with Gasteiger partial charge in [-0.25, -0.2) is 0 Å². The maximum absolute atomic E-state index is 12.7. The van der Waals surface area contributed by atoms with Crippen LogP contribution in [0.3, 0.4) is 0 Å². The number of benzene rings is 2. The first-order valence-electron chi connectivity index (χ1n) is 7.67. The summed E-state index contributed by atoms with van der Waals surface area (Å²) in [5.74, 6) is -0.295. The molecule has 0 aliphatic carbocycles. The van der Waals surface area contributed by atoms with Crippen LogP contribution in [-0.4, -0.2) is 10.9 Å². The molecule has 3 aromatic rings. The minimum absolute atomic E-state index is 0.295. The van der Waals surface area contributed by atoms with Gasteiger partial charge in [-0.3, -0.25) is 9.78 Å². The fraction of sp³-hybridized carbons (Fsp3) is 0.0526. The van der Waals surface area contributed by atoms with Crippen LogP contribution in [0, 0.1) is 0 Å². The van der Waals surface area contributed by atoms with Crippen molar-refractivity contribution in [2.75, 3.05) is 10.6 Å². The lowest BCUT2D eigenvalue weighted by Gasteiger charge is -2.11. The second-order valence-electron chi connectivity index (χ2n) is 5.48. The van der Waals surface area contributed by atoms with Gasteiger partial charge in [-0.2, -0.15) is 13.2 Å². The maximum atomic E-state index is 12.7. The minimum Gasteiger partial charge on any atom is -0.356 e. The predicted octanol–water partition coefficient (Wildman–Crippen LogP) is 5.10. The SMILES string of the molecule is O=C(Nc1ccc(Nc2cccc(C(F)(F)F)c2)cc1)c1cccnc1. The Kier molecular flexibility index (Phi) is 4.88. The number of amides is 1. The smallest absolute Gasteiger partial charge is 0.356 e. The lowest BCUT2D eigenvalue weighted by atomic mass is 10.2. The number of nitrogens with one attached hydrogen (secondary N) is 2. The molecule has 0 bridgehead atoms. The van der Waals surface area contributed by atoms with Gasteiger partial charge in [0.05, 0.1) is 11.1 Å². The highest BCUT2D eigenvalue weighted by Gasteiger charge is 2.30. The van der Waals surface area contributed by atoms with Gasteiger partial charge in [0, 0.05) is 29.5 Å². The average Bonchev–Trinajstić information content (AvgIpc) is 2.63. The van der Waals surface area contributed by atoms with E-state index in [-0.39, 0.29) is 5.91 Å². The molecule has 0 atom stereocenters. The van der Waals surface area contributed by atoms with E-state index in [9.17, 15) is 18.0 Å². The lowest BCUT2D eigenvalue weighted by Crippen LogP contribution is -2.11. The Morgan fingerprint density at radius 1 is 0.885 bits per heavy atom. The van der Waals surface area contributed by atoms with Gasteiger partial charge in [-0.05, 0) is 54.6 Å². The predicted molar refractivity (Wildman–Crippen MR) is 93.4 cm³/mol. The van der Waals surface area contributed by atoms with E-state index in [4.69, 9.17) is 0 Å². The number of alkyl halides is 3. The molecule has 7 heteroatoms. The summed E-state index contributed by atoms with van der Waals surface area (Å²) < 4.78 is 38.2. The molecule has 1 aromatic heterocycles. The number of hydrogen-bond acceptors (Lipinski definition) is 3.